The maximum atomic E-state index is 10.6. The lowest BCUT2D eigenvalue weighted by molar-refractivity contribution is 0.0693. The minimum absolute atomic E-state index is 0.278. The number of aromatic carboxylic acids is 1. The monoisotopic (exact) mass is 324 g/mol. The zero-order valence-corrected chi connectivity index (χ0v) is 9.91. The average molecular weight is 326 g/mol. The molecule has 0 amide bonds. The smallest absolute Gasteiger partial charge is 0.339 e. The molecule has 0 aliphatic rings. The highest BCUT2D eigenvalue weighted by atomic mass is 79.9. The van der Waals surface area contributed by atoms with Crippen LogP contribution < -0.4 is 0 Å². The third-order valence-corrected chi connectivity index (χ3v) is 2.65. The van der Waals surface area contributed by atoms with Crippen LogP contribution in [0.3, 0.4) is 0 Å². The van der Waals surface area contributed by atoms with Gasteiger partial charge >= 0.3 is 5.97 Å². The summed E-state index contributed by atoms with van der Waals surface area (Å²) in [7, 11) is 0. The van der Waals surface area contributed by atoms with Gasteiger partial charge in [0, 0.05) is 0 Å². The van der Waals surface area contributed by atoms with Crippen molar-refractivity contribution >= 4 is 37.8 Å². The van der Waals surface area contributed by atoms with E-state index in [4.69, 9.17) is 5.11 Å². The average Bonchev–Trinajstić information content (AvgIpc) is 2.08. The van der Waals surface area contributed by atoms with Crippen molar-refractivity contribution in [2.75, 3.05) is 0 Å². The predicted octanol–water partition coefficient (Wildman–Crippen LogP) is 2.58. The van der Waals surface area contributed by atoms with Crippen LogP contribution in [0.2, 0.25) is 0 Å². The largest absolute Gasteiger partial charge is 0.504 e. The second-order valence-corrected chi connectivity index (χ2v) is 5.60. The van der Waals surface area contributed by atoms with Gasteiger partial charge in [0.15, 0.2) is 11.5 Å². The number of carboxylic acids is 1. The van der Waals surface area contributed by atoms with Gasteiger partial charge in [-0.05, 0) is 17.7 Å². The number of carboxylic acid groups (broad SMARTS) is 1. The lowest BCUT2D eigenvalue weighted by atomic mass is 10.1. The molecule has 1 aromatic rings. The van der Waals surface area contributed by atoms with E-state index < -0.39 is 17.5 Å². The Morgan fingerprint density at radius 1 is 1.29 bits per heavy atom. The highest BCUT2D eigenvalue weighted by Crippen LogP contribution is 2.37. The molecule has 14 heavy (non-hydrogen) atoms. The van der Waals surface area contributed by atoms with E-state index in [2.05, 4.69) is 31.9 Å². The van der Waals surface area contributed by atoms with Gasteiger partial charge in [0.25, 0.3) is 0 Å². The van der Waals surface area contributed by atoms with Crippen molar-refractivity contribution < 1.29 is 20.1 Å². The summed E-state index contributed by atoms with van der Waals surface area (Å²) in [6.07, 6.45) is 0. The summed E-state index contributed by atoms with van der Waals surface area (Å²) in [4.78, 5) is 10.6. The summed E-state index contributed by atoms with van der Waals surface area (Å²) >= 11 is 6.31. The molecule has 6 heteroatoms. The van der Waals surface area contributed by atoms with Crippen molar-refractivity contribution in [1.82, 2.24) is 0 Å². The Hall–Kier alpha value is -0.750. The van der Waals surface area contributed by atoms with E-state index in [1.54, 1.807) is 0 Å². The topological polar surface area (TPSA) is 77.8 Å². The second-order valence-electron chi connectivity index (χ2n) is 2.54. The summed E-state index contributed by atoms with van der Waals surface area (Å²) in [6.45, 7) is 0. The van der Waals surface area contributed by atoms with Crippen molar-refractivity contribution in [1.29, 1.82) is 0 Å². The molecule has 76 valence electrons. The molecule has 1 rings (SSSR count). The van der Waals surface area contributed by atoms with Crippen LogP contribution in [0.4, 0.5) is 0 Å². The van der Waals surface area contributed by atoms with Crippen molar-refractivity contribution in [3.8, 4) is 11.5 Å². The van der Waals surface area contributed by atoms with Crippen molar-refractivity contribution in [3.63, 3.8) is 0 Å². The molecule has 0 bridgehead atoms. The lowest BCUT2D eigenvalue weighted by Crippen LogP contribution is -1.98. The Labute approximate surface area is 96.4 Å². The van der Waals surface area contributed by atoms with Crippen LogP contribution in [0.1, 0.15) is 19.7 Å². The van der Waals surface area contributed by atoms with Crippen LogP contribution in [0.5, 0.6) is 11.5 Å². The molecule has 0 saturated carbocycles. The van der Waals surface area contributed by atoms with Gasteiger partial charge in [-0.1, -0.05) is 31.9 Å². The summed E-state index contributed by atoms with van der Waals surface area (Å²) in [5.41, 5.74) is 0.182. The van der Waals surface area contributed by atoms with Crippen LogP contribution >= 0.6 is 31.9 Å². The highest BCUT2D eigenvalue weighted by molar-refractivity contribution is 9.24. The number of halogens is 2. The second kappa shape index (κ2) is 4.18. The molecule has 0 fully saturated rings. The molecule has 3 N–H and O–H groups in total. The number of alkyl halides is 2. The van der Waals surface area contributed by atoms with Gasteiger partial charge in [-0.25, -0.2) is 4.79 Å². The molecule has 0 aliphatic heterocycles. The van der Waals surface area contributed by atoms with Gasteiger partial charge in [-0.15, -0.1) is 0 Å². The number of carbonyl (C=O) groups is 1. The van der Waals surface area contributed by atoms with Crippen molar-refractivity contribution in [2.45, 2.75) is 3.74 Å². The molecule has 0 atom stereocenters. The molecule has 0 heterocycles. The molecule has 1 aromatic carbocycles. The molecule has 0 saturated heterocycles. The van der Waals surface area contributed by atoms with Gasteiger partial charge in [-0.3, -0.25) is 0 Å². The molecule has 0 spiro atoms. The Bertz CT molecular complexity index is 376. The van der Waals surface area contributed by atoms with Gasteiger partial charge in [0.05, 0.1) is 3.74 Å². The first-order valence-electron chi connectivity index (χ1n) is 3.50. The minimum Gasteiger partial charge on any atom is -0.504 e. The maximum Gasteiger partial charge on any atom is 0.339 e. The summed E-state index contributed by atoms with van der Waals surface area (Å²) in [5.74, 6) is -2.37. The van der Waals surface area contributed by atoms with Gasteiger partial charge in [0.2, 0.25) is 0 Å². The molecule has 0 aliphatic carbocycles. The Morgan fingerprint density at radius 3 is 2.29 bits per heavy atom. The molecule has 0 aromatic heterocycles. The highest BCUT2D eigenvalue weighted by Gasteiger charge is 2.17. The third kappa shape index (κ3) is 2.19. The van der Waals surface area contributed by atoms with Gasteiger partial charge in [0.1, 0.15) is 5.56 Å². The Morgan fingerprint density at radius 2 is 1.86 bits per heavy atom. The zero-order chi connectivity index (χ0) is 10.9. The standard InChI is InChI=1S/C8H6Br2O4/c9-7(10)3-1-4(8(13)14)6(12)5(11)2-3/h1-2,7,11-12H,(H,13,14). The first-order valence-corrected chi connectivity index (χ1v) is 5.34. The van der Waals surface area contributed by atoms with Crippen LogP contribution in [0.25, 0.3) is 0 Å². The Balaban J connectivity index is 3.35. The minimum atomic E-state index is -1.29. The molecule has 0 unspecified atom stereocenters. The first-order chi connectivity index (χ1) is 6.43. The number of phenolic OH excluding ortho intramolecular Hbond substituents is 1. The molecular formula is C8H6Br2O4. The molecular weight excluding hydrogens is 320 g/mol. The summed E-state index contributed by atoms with van der Waals surface area (Å²) in [5, 5.41) is 27.1. The zero-order valence-electron chi connectivity index (χ0n) is 6.74. The Kier molecular flexibility index (Phi) is 3.38. The fraction of sp³-hybridized carbons (Fsp3) is 0.125. The fourth-order valence-electron chi connectivity index (χ4n) is 0.930. The van der Waals surface area contributed by atoms with Crippen LogP contribution in [-0.4, -0.2) is 21.3 Å². The van der Waals surface area contributed by atoms with E-state index in [-0.39, 0.29) is 9.30 Å². The van der Waals surface area contributed by atoms with E-state index in [0.717, 1.165) is 0 Å². The molecule has 4 nitrogen and oxygen atoms in total. The first kappa shape index (κ1) is 11.3. The number of hydrogen-bond donors (Lipinski definition) is 3. The number of aromatic hydroxyl groups is 2. The van der Waals surface area contributed by atoms with E-state index in [1.165, 1.54) is 12.1 Å². The quantitative estimate of drug-likeness (QED) is 0.577. The van der Waals surface area contributed by atoms with Crippen molar-refractivity contribution in [3.05, 3.63) is 23.3 Å². The van der Waals surface area contributed by atoms with E-state index in [9.17, 15) is 15.0 Å². The van der Waals surface area contributed by atoms with Crippen LogP contribution in [0, 0.1) is 0 Å². The van der Waals surface area contributed by atoms with Gasteiger partial charge in [-0.2, -0.15) is 0 Å². The summed E-state index contributed by atoms with van der Waals surface area (Å²) in [6, 6.07) is 2.54. The van der Waals surface area contributed by atoms with Crippen LogP contribution in [-0.2, 0) is 0 Å². The normalized spacial score (nSPS) is 10.5. The fourth-order valence-corrected chi connectivity index (χ4v) is 1.46. The molecule has 0 radical (unpaired) electrons. The third-order valence-electron chi connectivity index (χ3n) is 1.59. The SMILES string of the molecule is O=C(O)c1cc(C(Br)Br)cc(O)c1O. The van der Waals surface area contributed by atoms with E-state index in [0.29, 0.717) is 5.56 Å². The number of phenols is 2. The number of benzene rings is 1. The summed E-state index contributed by atoms with van der Waals surface area (Å²) < 4.78 is -0.278. The van der Waals surface area contributed by atoms with E-state index in [1.807, 2.05) is 0 Å². The predicted molar refractivity (Wildman–Crippen MR) is 57.3 cm³/mol. The number of hydrogen-bond acceptors (Lipinski definition) is 3. The van der Waals surface area contributed by atoms with E-state index >= 15 is 0 Å². The number of rotatable bonds is 2. The van der Waals surface area contributed by atoms with Crippen LogP contribution in [0.15, 0.2) is 12.1 Å². The maximum absolute atomic E-state index is 10.6. The lowest BCUT2D eigenvalue weighted by Gasteiger charge is -2.07. The van der Waals surface area contributed by atoms with Crippen molar-refractivity contribution in [2.24, 2.45) is 0 Å². The van der Waals surface area contributed by atoms with Gasteiger partial charge < -0.3 is 15.3 Å².